The molecular weight excluding hydrogens is 283 g/mol. The Morgan fingerprint density at radius 3 is 1.78 bits per heavy atom. The van der Waals surface area contributed by atoms with E-state index in [0.717, 1.165) is 28.0 Å². The maximum atomic E-state index is 5.85. The molecule has 94 valence electrons. The summed E-state index contributed by atoms with van der Waals surface area (Å²) in [6.07, 6.45) is 1.08. The molecule has 3 heteroatoms. The molecule has 0 spiro atoms. The third-order valence-electron chi connectivity index (χ3n) is 2.63. The molecule has 18 heavy (non-hydrogen) atoms. The second-order valence-electron chi connectivity index (χ2n) is 4.06. The van der Waals surface area contributed by atoms with Gasteiger partial charge in [-0.25, -0.2) is 0 Å². The van der Waals surface area contributed by atoms with Gasteiger partial charge in [0.1, 0.15) is 0 Å². The Labute approximate surface area is 122 Å². The fraction of sp³-hybridized carbons (Fsp3) is 0.200. The van der Waals surface area contributed by atoms with Gasteiger partial charge in [-0.05, 0) is 47.6 Å². The highest BCUT2D eigenvalue weighted by Gasteiger charge is 1.96. The zero-order valence-electron chi connectivity index (χ0n) is 9.90. The van der Waals surface area contributed by atoms with Crippen molar-refractivity contribution in [3.63, 3.8) is 0 Å². The number of thioether (sulfide) groups is 1. The van der Waals surface area contributed by atoms with Gasteiger partial charge in [-0.2, -0.15) is 11.8 Å². The Hall–Kier alpha value is -0.630. The lowest BCUT2D eigenvalue weighted by atomic mass is 10.2. The Bertz CT molecular complexity index is 429. The first-order valence-electron chi connectivity index (χ1n) is 5.81. The zero-order valence-corrected chi connectivity index (χ0v) is 12.2. The number of aryl methyl sites for hydroxylation is 1. The van der Waals surface area contributed by atoms with Gasteiger partial charge in [-0.1, -0.05) is 47.5 Å². The third kappa shape index (κ3) is 4.56. The lowest BCUT2D eigenvalue weighted by molar-refractivity contribution is 1.15. The first-order valence-corrected chi connectivity index (χ1v) is 7.72. The van der Waals surface area contributed by atoms with Crippen LogP contribution in [0.25, 0.3) is 0 Å². The highest BCUT2D eigenvalue weighted by molar-refractivity contribution is 7.98. The molecule has 0 aliphatic rings. The van der Waals surface area contributed by atoms with Gasteiger partial charge in [0.15, 0.2) is 0 Å². The van der Waals surface area contributed by atoms with Gasteiger partial charge in [0.2, 0.25) is 0 Å². The zero-order chi connectivity index (χ0) is 12.8. The van der Waals surface area contributed by atoms with Crippen LogP contribution in [0.4, 0.5) is 0 Å². The number of halogens is 2. The summed E-state index contributed by atoms with van der Waals surface area (Å²) in [5, 5.41) is 1.59. The van der Waals surface area contributed by atoms with Crippen LogP contribution < -0.4 is 0 Å². The minimum Gasteiger partial charge on any atom is -0.157 e. The van der Waals surface area contributed by atoms with Crippen LogP contribution in [0.15, 0.2) is 48.5 Å². The molecule has 0 unspecified atom stereocenters. The van der Waals surface area contributed by atoms with Gasteiger partial charge in [0.05, 0.1) is 0 Å². The van der Waals surface area contributed by atoms with Gasteiger partial charge in [0, 0.05) is 15.8 Å². The highest BCUT2D eigenvalue weighted by atomic mass is 35.5. The molecule has 0 heterocycles. The average molecular weight is 297 g/mol. The van der Waals surface area contributed by atoms with Crippen LogP contribution in [0, 0.1) is 0 Å². The minimum atomic E-state index is 0.796. The number of benzene rings is 2. The van der Waals surface area contributed by atoms with E-state index in [1.54, 1.807) is 0 Å². The van der Waals surface area contributed by atoms with Crippen LogP contribution in [0.5, 0.6) is 0 Å². The van der Waals surface area contributed by atoms with Crippen molar-refractivity contribution in [2.75, 3.05) is 5.75 Å². The summed E-state index contributed by atoms with van der Waals surface area (Å²) in [6, 6.07) is 16.1. The van der Waals surface area contributed by atoms with Crippen molar-refractivity contribution < 1.29 is 0 Å². The summed E-state index contributed by atoms with van der Waals surface area (Å²) in [7, 11) is 0. The topological polar surface area (TPSA) is 0 Å². The molecule has 0 saturated heterocycles. The van der Waals surface area contributed by atoms with Crippen molar-refractivity contribution in [2.45, 2.75) is 12.2 Å². The van der Waals surface area contributed by atoms with Crippen LogP contribution in [0.1, 0.15) is 11.1 Å². The molecular formula is C15H14Cl2S. The van der Waals surface area contributed by atoms with Gasteiger partial charge in [0.25, 0.3) is 0 Å². The summed E-state index contributed by atoms with van der Waals surface area (Å²) in [4.78, 5) is 0. The Kier molecular flexibility index (Phi) is 5.43. The van der Waals surface area contributed by atoms with Gasteiger partial charge < -0.3 is 0 Å². The van der Waals surface area contributed by atoms with Gasteiger partial charge in [-0.15, -0.1) is 0 Å². The van der Waals surface area contributed by atoms with Crippen molar-refractivity contribution in [2.24, 2.45) is 0 Å². The van der Waals surface area contributed by atoms with E-state index in [1.807, 2.05) is 36.0 Å². The van der Waals surface area contributed by atoms with E-state index in [9.17, 15) is 0 Å². The number of hydrogen-bond donors (Lipinski definition) is 0. The SMILES string of the molecule is Clc1ccc(CCSCc2ccc(Cl)cc2)cc1. The molecule has 0 aliphatic carbocycles. The summed E-state index contributed by atoms with van der Waals surface area (Å²) in [5.74, 6) is 2.15. The summed E-state index contributed by atoms with van der Waals surface area (Å²) < 4.78 is 0. The molecule has 2 aromatic rings. The van der Waals surface area contributed by atoms with E-state index in [1.165, 1.54) is 11.1 Å². The molecule has 0 fully saturated rings. The predicted molar refractivity (Wildman–Crippen MR) is 82.8 cm³/mol. The van der Waals surface area contributed by atoms with Crippen molar-refractivity contribution in [3.05, 3.63) is 69.7 Å². The molecule has 0 bridgehead atoms. The molecule has 0 radical (unpaired) electrons. The van der Waals surface area contributed by atoms with E-state index in [-0.39, 0.29) is 0 Å². The smallest absolute Gasteiger partial charge is 0.0406 e. The average Bonchev–Trinajstić information content (AvgIpc) is 2.39. The van der Waals surface area contributed by atoms with Crippen molar-refractivity contribution in [1.29, 1.82) is 0 Å². The Morgan fingerprint density at radius 1 is 0.722 bits per heavy atom. The molecule has 2 aromatic carbocycles. The number of hydrogen-bond acceptors (Lipinski definition) is 1. The molecule has 0 N–H and O–H groups in total. The maximum absolute atomic E-state index is 5.85. The van der Waals surface area contributed by atoms with Gasteiger partial charge in [-0.3, -0.25) is 0 Å². The lowest BCUT2D eigenvalue weighted by Crippen LogP contribution is -1.89. The quantitative estimate of drug-likeness (QED) is 0.659. The number of rotatable bonds is 5. The summed E-state index contributed by atoms with van der Waals surface area (Å²) >= 11 is 13.6. The molecule has 0 aliphatic heterocycles. The van der Waals surface area contributed by atoms with Crippen LogP contribution in [-0.4, -0.2) is 5.75 Å². The first kappa shape index (κ1) is 13.8. The van der Waals surface area contributed by atoms with Crippen LogP contribution in [0.3, 0.4) is 0 Å². The van der Waals surface area contributed by atoms with Crippen LogP contribution >= 0.6 is 35.0 Å². The third-order valence-corrected chi connectivity index (χ3v) is 4.16. The van der Waals surface area contributed by atoms with E-state index in [4.69, 9.17) is 23.2 Å². The molecule has 0 saturated carbocycles. The molecule has 2 rings (SSSR count). The van der Waals surface area contributed by atoms with Crippen molar-refractivity contribution in [1.82, 2.24) is 0 Å². The monoisotopic (exact) mass is 296 g/mol. The fourth-order valence-corrected chi connectivity index (χ4v) is 2.82. The Morgan fingerprint density at radius 2 is 1.22 bits per heavy atom. The second-order valence-corrected chi connectivity index (χ2v) is 6.03. The highest BCUT2D eigenvalue weighted by Crippen LogP contribution is 2.17. The first-order chi connectivity index (χ1) is 8.74. The largest absolute Gasteiger partial charge is 0.157 e. The van der Waals surface area contributed by atoms with E-state index in [2.05, 4.69) is 24.3 Å². The molecule has 0 atom stereocenters. The van der Waals surface area contributed by atoms with E-state index >= 15 is 0 Å². The van der Waals surface area contributed by atoms with Crippen molar-refractivity contribution in [3.8, 4) is 0 Å². The van der Waals surface area contributed by atoms with E-state index in [0.29, 0.717) is 0 Å². The molecule has 0 aromatic heterocycles. The lowest BCUT2D eigenvalue weighted by Gasteiger charge is -2.03. The van der Waals surface area contributed by atoms with E-state index < -0.39 is 0 Å². The second kappa shape index (κ2) is 7.08. The standard InChI is InChI=1S/C15H14Cl2S/c16-14-5-1-12(2-6-14)9-10-18-11-13-3-7-15(17)8-4-13/h1-8H,9-11H2. The van der Waals surface area contributed by atoms with Crippen LogP contribution in [-0.2, 0) is 12.2 Å². The van der Waals surface area contributed by atoms with Crippen molar-refractivity contribution >= 4 is 35.0 Å². The fourth-order valence-electron chi connectivity index (χ4n) is 1.61. The minimum absolute atomic E-state index is 0.796. The molecule has 0 nitrogen and oxygen atoms in total. The molecule has 0 amide bonds. The van der Waals surface area contributed by atoms with Crippen LogP contribution in [0.2, 0.25) is 10.0 Å². The summed E-state index contributed by atoms with van der Waals surface area (Å²) in [6.45, 7) is 0. The Balaban J connectivity index is 1.73. The normalized spacial score (nSPS) is 10.6. The summed E-state index contributed by atoms with van der Waals surface area (Å²) in [5.41, 5.74) is 2.66. The maximum Gasteiger partial charge on any atom is 0.0406 e. The van der Waals surface area contributed by atoms with Gasteiger partial charge >= 0.3 is 0 Å². The predicted octanol–water partition coefficient (Wildman–Crippen LogP) is 5.47.